The number of aromatic nitrogens is 1. The smallest absolute Gasteiger partial charge is 0.410 e. The molecule has 2 heterocycles. The summed E-state index contributed by atoms with van der Waals surface area (Å²) in [4.78, 5) is 32.5. The molecule has 0 saturated carbocycles. The van der Waals surface area contributed by atoms with E-state index in [1.165, 1.54) is 11.3 Å². The first-order valence-electron chi connectivity index (χ1n) is 15.4. The van der Waals surface area contributed by atoms with Gasteiger partial charge in [-0.05, 0) is 81.4 Å². The van der Waals surface area contributed by atoms with Crippen molar-refractivity contribution in [3.05, 3.63) is 76.8 Å². The molecule has 8 nitrogen and oxygen atoms in total. The van der Waals surface area contributed by atoms with Gasteiger partial charge in [0.2, 0.25) is 5.91 Å². The average Bonchev–Trinajstić information content (AvgIpc) is 3.52. The van der Waals surface area contributed by atoms with Gasteiger partial charge in [-0.25, -0.2) is 9.78 Å². The van der Waals surface area contributed by atoms with Crippen LogP contribution in [0, 0.1) is 0 Å². The molecule has 1 aliphatic rings. The largest absolute Gasteiger partial charge is 0.444 e. The number of thiazole rings is 1. The van der Waals surface area contributed by atoms with Crippen LogP contribution in [0.5, 0.6) is 0 Å². The summed E-state index contributed by atoms with van der Waals surface area (Å²) in [5.74, 6) is -0.147. The molecule has 0 bridgehead atoms. The van der Waals surface area contributed by atoms with Gasteiger partial charge in [0.05, 0.1) is 24.3 Å². The fourth-order valence-electron chi connectivity index (χ4n) is 5.28. The van der Waals surface area contributed by atoms with Gasteiger partial charge in [-0.3, -0.25) is 9.69 Å². The highest BCUT2D eigenvalue weighted by Crippen LogP contribution is 2.44. The Balaban J connectivity index is 1.56. The normalized spacial score (nSPS) is 18.2. The minimum Gasteiger partial charge on any atom is -0.444 e. The number of nitrogens with two attached hydrogens (primary N) is 1. The van der Waals surface area contributed by atoms with E-state index in [-0.39, 0.29) is 41.6 Å². The van der Waals surface area contributed by atoms with Gasteiger partial charge >= 0.3 is 6.09 Å². The zero-order valence-electron chi connectivity index (χ0n) is 27.3. The van der Waals surface area contributed by atoms with Crippen LogP contribution in [-0.2, 0) is 26.8 Å². The maximum atomic E-state index is 13.9. The summed E-state index contributed by atoms with van der Waals surface area (Å²) in [6.45, 7) is 17.0. The average molecular weight is 637 g/mol. The zero-order chi connectivity index (χ0) is 32.3. The van der Waals surface area contributed by atoms with Crippen molar-refractivity contribution < 1.29 is 18.8 Å². The fraction of sp³-hybridized carbons (Fsp3) is 0.500. The highest BCUT2D eigenvalue weighted by molar-refractivity contribution is 7.13. The number of ether oxygens (including phenoxy) is 1. The molecule has 44 heavy (non-hydrogen) atoms. The summed E-state index contributed by atoms with van der Waals surface area (Å²) in [5, 5.41) is 5.20. The number of nitrogens with zero attached hydrogens (tertiary/aromatic N) is 2. The molecule has 1 aliphatic heterocycles. The van der Waals surface area contributed by atoms with E-state index in [0.717, 1.165) is 24.0 Å². The monoisotopic (exact) mass is 636 g/mol. The van der Waals surface area contributed by atoms with Gasteiger partial charge in [0, 0.05) is 17.1 Å². The van der Waals surface area contributed by atoms with Gasteiger partial charge in [-0.15, -0.1) is 11.3 Å². The molecule has 0 spiro atoms. The van der Waals surface area contributed by atoms with Crippen LogP contribution in [0.15, 0.2) is 60.0 Å². The third-order valence-electron chi connectivity index (χ3n) is 8.48. The molecule has 2 amide bonds. The standard InChI is InChI=1S/C34H48N4O4SSi/c1-33(2,3)41-32(40)38-27(20-23-14-16-25(17-15-23)36-29(39)21-26-22-43-31(35)37-26)18-19-28(38)30(24-12-10-9-11-13-24)42-44(7,8)34(4,5)6/h9-17,22,27-28,30H,18-21H2,1-8H3,(H2,35,37)(H,36,39)/t27?,28-,30-/m1/s1. The van der Waals surface area contributed by atoms with Crippen molar-refractivity contribution in [1.29, 1.82) is 0 Å². The predicted molar refractivity (Wildman–Crippen MR) is 181 cm³/mol. The Morgan fingerprint density at radius 3 is 2.27 bits per heavy atom. The van der Waals surface area contributed by atoms with E-state index >= 15 is 0 Å². The lowest BCUT2D eigenvalue weighted by Crippen LogP contribution is -2.50. The second-order valence-corrected chi connectivity index (χ2v) is 19.8. The molecular weight excluding hydrogens is 589 g/mol. The van der Waals surface area contributed by atoms with Gasteiger partial charge in [-0.1, -0.05) is 63.2 Å². The molecule has 1 fully saturated rings. The number of nitrogen functional groups attached to an aromatic ring is 1. The minimum absolute atomic E-state index is 0.0134. The van der Waals surface area contributed by atoms with Gasteiger partial charge in [0.25, 0.3) is 0 Å². The molecule has 2 aromatic carbocycles. The summed E-state index contributed by atoms with van der Waals surface area (Å²) in [6, 6.07) is 17.9. The van der Waals surface area contributed by atoms with Crippen molar-refractivity contribution in [2.45, 2.75) is 109 Å². The molecule has 238 valence electrons. The van der Waals surface area contributed by atoms with E-state index in [1.807, 2.05) is 68.1 Å². The molecule has 10 heteroatoms. The van der Waals surface area contributed by atoms with E-state index in [0.29, 0.717) is 22.9 Å². The second kappa shape index (κ2) is 13.4. The molecule has 3 aromatic rings. The van der Waals surface area contributed by atoms with Gasteiger partial charge in [0.1, 0.15) is 5.60 Å². The first-order valence-corrected chi connectivity index (χ1v) is 19.1. The van der Waals surface area contributed by atoms with Crippen LogP contribution >= 0.6 is 11.3 Å². The highest BCUT2D eigenvalue weighted by atomic mass is 32.1. The first kappa shape index (κ1) is 33.7. The lowest BCUT2D eigenvalue weighted by molar-refractivity contribution is -0.115. The highest BCUT2D eigenvalue weighted by Gasteiger charge is 2.47. The number of rotatable bonds is 9. The number of anilines is 2. The quantitative estimate of drug-likeness (QED) is 0.231. The van der Waals surface area contributed by atoms with Crippen molar-refractivity contribution >= 4 is 42.5 Å². The number of hydrogen-bond acceptors (Lipinski definition) is 7. The Morgan fingerprint density at radius 2 is 1.70 bits per heavy atom. The third-order valence-corrected chi connectivity index (χ3v) is 13.7. The van der Waals surface area contributed by atoms with E-state index in [4.69, 9.17) is 14.9 Å². The first-order chi connectivity index (χ1) is 20.5. The van der Waals surface area contributed by atoms with Gasteiger partial charge in [-0.2, -0.15) is 0 Å². The summed E-state index contributed by atoms with van der Waals surface area (Å²) in [7, 11) is -2.19. The van der Waals surface area contributed by atoms with Crippen LogP contribution < -0.4 is 11.1 Å². The maximum Gasteiger partial charge on any atom is 0.410 e. The second-order valence-electron chi connectivity index (χ2n) is 14.2. The van der Waals surface area contributed by atoms with Crippen molar-refractivity contribution in [2.24, 2.45) is 0 Å². The molecular formula is C34H48N4O4SSi. The Morgan fingerprint density at radius 1 is 1.05 bits per heavy atom. The molecule has 1 unspecified atom stereocenters. The molecule has 1 saturated heterocycles. The third kappa shape index (κ3) is 8.70. The zero-order valence-corrected chi connectivity index (χ0v) is 29.2. The summed E-state index contributed by atoms with van der Waals surface area (Å²) in [6.07, 6.45) is 1.92. The Hall–Kier alpha value is -3.21. The van der Waals surface area contributed by atoms with E-state index in [9.17, 15) is 9.59 Å². The van der Waals surface area contributed by atoms with Crippen molar-refractivity contribution in [1.82, 2.24) is 9.88 Å². The molecule has 0 aliphatic carbocycles. The van der Waals surface area contributed by atoms with E-state index in [2.05, 4.69) is 56.3 Å². The summed E-state index contributed by atoms with van der Waals surface area (Å²) < 4.78 is 13.1. The molecule has 3 N–H and O–H groups in total. The number of carbonyl (C=O) groups excluding carboxylic acids is 2. The number of nitrogens with one attached hydrogen (secondary N) is 1. The predicted octanol–water partition coefficient (Wildman–Crippen LogP) is 7.98. The fourth-order valence-corrected chi connectivity index (χ4v) is 7.13. The Labute approximate surface area is 267 Å². The number of benzene rings is 2. The maximum absolute atomic E-state index is 13.9. The molecule has 3 atom stereocenters. The SMILES string of the molecule is CC(C)(C)OC(=O)N1C(Cc2ccc(NC(=O)Cc3csc(N)n3)cc2)CC[C@@H]1[C@H](O[Si](C)(C)C(C)(C)C)c1ccccc1. The van der Waals surface area contributed by atoms with Crippen LogP contribution in [-0.4, -0.2) is 47.9 Å². The lowest BCUT2D eigenvalue weighted by Gasteiger charge is -2.43. The van der Waals surface area contributed by atoms with Gasteiger partial charge in [0.15, 0.2) is 13.4 Å². The van der Waals surface area contributed by atoms with E-state index in [1.54, 1.807) is 5.38 Å². The molecule has 1 aromatic heterocycles. The van der Waals surface area contributed by atoms with Crippen LogP contribution in [0.4, 0.5) is 15.6 Å². The Bertz CT molecular complexity index is 1410. The van der Waals surface area contributed by atoms with Crippen LogP contribution in [0.1, 0.15) is 77.3 Å². The number of carbonyl (C=O) groups is 2. The summed E-state index contributed by atoms with van der Waals surface area (Å²) >= 11 is 1.32. The van der Waals surface area contributed by atoms with Gasteiger partial charge < -0.3 is 20.2 Å². The minimum atomic E-state index is -2.19. The number of amides is 2. The van der Waals surface area contributed by atoms with Crippen molar-refractivity contribution in [2.75, 3.05) is 11.1 Å². The van der Waals surface area contributed by atoms with Crippen LogP contribution in [0.25, 0.3) is 0 Å². The summed E-state index contributed by atoms with van der Waals surface area (Å²) in [5.41, 5.74) is 8.59. The van der Waals surface area contributed by atoms with Crippen LogP contribution in [0.2, 0.25) is 18.1 Å². The number of hydrogen-bond donors (Lipinski definition) is 2. The molecule has 0 radical (unpaired) electrons. The van der Waals surface area contributed by atoms with Crippen molar-refractivity contribution in [3.63, 3.8) is 0 Å². The molecule has 4 rings (SSSR count). The lowest BCUT2D eigenvalue weighted by atomic mass is 10.0. The Kier molecular flexibility index (Phi) is 10.3. The topological polar surface area (TPSA) is 107 Å². The number of likely N-dealkylation sites (tertiary alicyclic amines) is 1. The van der Waals surface area contributed by atoms with Crippen molar-refractivity contribution in [3.8, 4) is 0 Å². The van der Waals surface area contributed by atoms with Crippen LogP contribution in [0.3, 0.4) is 0 Å². The van der Waals surface area contributed by atoms with E-state index < -0.39 is 13.9 Å².